The summed E-state index contributed by atoms with van der Waals surface area (Å²) in [6, 6.07) is 11.4. The molecule has 0 saturated heterocycles. The number of benzene rings is 1. The van der Waals surface area contributed by atoms with Crippen molar-refractivity contribution >= 4 is 0 Å². The summed E-state index contributed by atoms with van der Waals surface area (Å²) in [5.41, 5.74) is 7.59. The van der Waals surface area contributed by atoms with E-state index >= 15 is 0 Å². The van der Waals surface area contributed by atoms with Crippen molar-refractivity contribution < 1.29 is 4.74 Å². The fourth-order valence-corrected chi connectivity index (χ4v) is 1.90. The molecule has 0 fully saturated rings. The zero-order valence-corrected chi connectivity index (χ0v) is 11.8. The van der Waals surface area contributed by atoms with E-state index in [4.69, 9.17) is 16.9 Å². The first-order valence-corrected chi connectivity index (χ1v) is 6.45. The summed E-state index contributed by atoms with van der Waals surface area (Å²) < 4.78 is 5.70. The van der Waals surface area contributed by atoms with Crippen LogP contribution < -0.4 is 10.5 Å². The van der Waals surface area contributed by atoms with E-state index < -0.39 is 0 Å². The lowest BCUT2D eigenvalue weighted by Gasteiger charge is -2.18. The first-order chi connectivity index (χ1) is 9.48. The fraction of sp³-hybridized carbons (Fsp3) is 0.235. The molecule has 0 spiro atoms. The normalized spacial score (nSPS) is 10.9. The van der Waals surface area contributed by atoms with E-state index in [2.05, 4.69) is 10.9 Å². The van der Waals surface area contributed by atoms with Gasteiger partial charge in [-0.05, 0) is 50.1 Å². The number of ether oxygens (including phenoxy) is 1. The average Bonchev–Trinajstić information content (AvgIpc) is 2.40. The van der Waals surface area contributed by atoms with Crippen LogP contribution in [0.2, 0.25) is 0 Å². The SMILES string of the molecule is C#Cc1cccnc1Oc1ccc(CC(C)(C)N)cc1. The number of aromatic nitrogens is 1. The van der Waals surface area contributed by atoms with Crippen LogP contribution in [0.1, 0.15) is 25.0 Å². The van der Waals surface area contributed by atoms with Gasteiger partial charge in [0.25, 0.3) is 0 Å². The third-order valence-electron chi connectivity index (χ3n) is 2.72. The number of nitrogens with zero attached hydrogens (tertiary/aromatic N) is 1. The van der Waals surface area contributed by atoms with Gasteiger partial charge in [-0.3, -0.25) is 0 Å². The minimum Gasteiger partial charge on any atom is -0.438 e. The van der Waals surface area contributed by atoms with Gasteiger partial charge in [0.05, 0.1) is 5.56 Å². The highest BCUT2D eigenvalue weighted by molar-refractivity contribution is 5.42. The first-order valence-electron chi connectivity index (χ1n) is 6.45. The van der Waals surface area contributed by atoms with E-state index in [1.807, 2.05) is 38.1 Å². The Morgan fingerprint density at radius 2 is 1.95 bits per heavy atom. The van der Waals surface area contributed by atoms with Crippen molar-refractivity contribution in [2.75, 3.05) is 0 Å². The van der Waals surface area contributed by atoms with Crippen LogP contribution in [-0.2, 0) is 6.42 Å². The van der Waals surface area contributed by atoms with Crippen LogP contribution in [0.4, 0.5) is 0 Å². The summed E-state index contributed by atoms with van der Waals surface area (Å²) in [5.74, 6) is 3.71. The molecular formula is C17H18N2O. The second-order valence-corrected chi connectivity index (χ2v) is 5.41. The van der Waals surface area contributed by atoms with Crippen LogP contribution in [0.15, 0.2) is 42.6 Å². The Balaban J connectivity index is 2.13. The molecule has 0 atom stereocenters. The van der Waals surface area contributed by atoms with Crippen molar-refractivity contribution in [1.29, 1.82) is 0 Å². The van der Waals surface area contributed by atoms with E-state index in [1.165, 1.54) is 5.56 Å². The van der Waals surface area contributed by atoms with Gasteiger partial charge in [-0.1, -0.05) is 18.1 Å². The van der Waals surface area contributed by atoms with Crippen LogP contribution >= 0.6 is 0 Å². The smallest absolute Gasteiger partial charge is 0.235 e. The van der Waals surface area contributed by atoms with E-state index in [-0.39, 0.29) is 5.54 Å². The van der Waals surface area contributed by atoms with E-state index in [0.29, 0.717) is 17.2 Å². The van der Waals surface area contributed by atoms with Crippen molar-refractivity contribution in [1.82, 2.24) is 4.98 Å². The molecule has 2 N–H and O–H groups in total. The summed E-state index contributed by atoms with van der Waals surface area (Å²) in [6.07, 6.45) is 7.88. The zero-order valence-electron chi connectivity index (χ0n) is 11.8. The Bertz CT molecular complexity index is 619. The molecule has 0 radical (unpaired) electrons. The molecule has 1 aromatic heterocycles. The maximum Gasteiger partial charge on any atom is 0.235 e. The van der Waals surface area contributed by atoms with Crippen molar-refractivity contribution in [2.24, 2.45) is 5.73 Å². The number of pyridine rings is 1. The molecule has 20 heavy (non-hydrogen) atoms. The van der Waals surface area contributed by atoms with Crippen LogP contribution in [0.3, 0.4) is 0 Å². The maximum atomic E-state index is 6.00. The van der Waals surface area contributed by atoms with Gasteiger partial charge in [-0.2, -0.15) is 0 Å². The number of nitrogens with two attached hydrogens (primary N) is 1. The Kier molecular flexibility index (Phi) is 4.07. The topological polar surface area (TPSA) is 48.1 Å². The first kappa shape index (κ1) is 14.1. The molecule has 0 bridgehead atoms. The summed E-state index contributed by atoms with van der Waals surface area (Å²) in [7, 11) is 0. The molecule has 102 valence electrons. The Labute approximate surface area is 119 Å². The van der Waals surface area contributed by atoms with E-state index in [1.54, 1.807) is 18.3 Å². The number of hydrogen-bond acceptors (Lipinski definition) is 3. The molecule has 3 heteroatoms. The van der Waals surface area contributed by atoms with Gasteiger partial charge in [0.15, 0.2) is 0 Å². The van der Waals surface area contributed by atoms with Crippen LogP contribution in [0.5, 0.6) is 11.6 Å². The molecule has 2 rings (SSSR count). The summed E-state index contributed by atoms with van der Waals surface area (Å²) in [6.45, 7) is 4.01. The fourth-order valence-electron chi connectivity index (χ4n) is 1.90. The molecule has 0 amide bonds. The number of hydrogen-bond donors (Lipinski definition) is 1. The predicted octanol–water partition coefficient (Wildman–Crippen LogP) is 3.14. The minimum absolute atomic E-state index is 0.222. The van der Waals surface area contributed by atoms with Gasteiger partial charge < -0.3 is 10.5 Å². The van der Waals surface area contributed by atoms with Gasteiger partial charge in [0, 0.05) is 11.7 Å². The number of rotatable bonds is 4. The highest BCUT2D eigenvalue weighted by Crippen LogP contribution is 2.23. The van der Waals surface area contributed by atoms with Crippen LogP contribution in [-0.4, -0.2) is 10.5 Å². The summed E-state index contributed by atoms with van der Waals surface area (Å²) in [4.78, 5) is 4.14. The van der Waals surface area contributed by atoms with Crippen molar-refractivity contribution in [3.8, 4) is 24.0 Å². The second kappa shape index (κ2) is 5.77. The lowest BCUT2D eigenvalue weighted by atomic mass is 9.96. The largest absolute Gasteiger partial charge is 0.438 e. The van der Waals surface area contributed by atoms with Gasteiger partial charge in [-0.15, -0.1) is 6.42 Å². The van der Waals surface area contributed by atoms with Crippen LogP contribution in [0, 0.1) is 12.3 Å². The van der Waals surface area contributed by atoms with E-state index in [9.17, 15) is 0 Å². The Morgan fingerprint density at radius 1 is 1.25 bits per heavy atom. The third-order valence-corrected chi connectivity index (χ3v) is 2.72. The predicted molar refractivity (Wildman–Crippen MR) is 80.7 cm³/mol. The molecule has 0 aliphatic rings. The minimum atomic E-state index is -0.222. The van der Waals surface area contributed by atoms with Gasteiger partial charge in [0.2, 0.25) is 5.88 Å². The van der Waals surface area contributed by atoms with Crippen molar-refractivity contribution in [3.63, 3.8) is 0 Å². The van der Waals surface area contributed by atoms with E-state index in [0.717, 1.165) is 6.42 Å². The summed E-state index contributed by atoms with van der Waals surface area (Å²) in [5, 5.41) is 0. The molecule has 1 heterocycles. The monoisotopic (exact) mass is 266 g/mol. The molecule has 0 saturated carbocycles. The standard InChI is InChI=1S/C17H18N2O/c1-4-14-6-5-11-19-16(14)20-15-9-7-13(8-10-15)12-17(2,3)18/h1,5-11H,12,18H2,2-3H3. The highest BCUT2D eigenvalue weighted by Gasteiger charge is 2.11. The van der Waals surface area contributed by atoms with Gasteiger partial charge >= 0.3 is 0 Å². The zero-order chi connectivity index (χ0) is 14.6. The Hall–Kier alpha value is -2.31. The molecule has 0 unspecified atom stereocenters. The van der Waals surface area contributed by atoms with Crippen LogP contribution in [0.25, 0.3) is 0 Å². The lowest BCUT2D eigenvalue weighted by Crippen LogP contribution is -2.34. The average molecular weight is 266 g/mol. The molecule has 0 aliphatic carbocycles. The molecule has 1 aromatic carbocycles. The molecule has 3 nitrogen and oxygen atoms in total. The Morgan fingerprint density at radius 3 is 2.55 bits per heavy atom. The summed E-state index contributed by atoms with van der Waals surface area (Å²) >= 11 is 0. The maximum absolute atomic E-state index is 6.00. The lowest BCUT2D eigenvalue weighted by molar-refractivity contribution is 0.460. The third kappa shape index (κ3) is 3.84. The van der Waals surface area contributed by atoms with Gasteiger partial charge in [0.1, 0.15) is 5.75 Å². The van der Waals surface area contributed by atoms with Crippen molar-refractivity contribution in [2.45, 2.75) is 25.8 Å². The molecular weight excluding hydrogens is 248 g/mol. The second-order valence-electron chi connectivity index (χ2n) is 5.41. The van der Waals surface area contributed by atoms with Crippen molar-refractivity contribution in [3.05, 3.63) is 53.7 Å². The van der Waals surface area contributed by atoms with Gasteiger partial charge in [-0.25, -0.2) is 4.98 Å². The molecule has 0 aliphatic heterocycles. The quantitative estimate of drug-likeness (QED) is 0.865. The molecule has 2 aromatic rings. The number of terminal acetylenes is 1. The highest BCUT2D eigenvalue weighted by atomic mass is 16.5.